The number of thioether (sulfide) groups is 1. The van der Waals surface area contributed by atoms with Gasteiger partial charge in [0.25, 0.3) is 5.91 Å². The molecule has 1 atom stereocenters. The van der Waals surface area contributed by atoms with Crippen molar-refractivity contribution in [3.05, 3.63) is 17.1 Å². The predicted molar refractivity (Wildman–Crippen MR) is 98.5 cm³/mol. The largest absolute Gasteiger partial charge is 1.00 e. The molecule has 1 aromatic heterocycles. The number of β-lactam (4-membered cyclic amide) rings is 1. The van der Waals surface area contributed by atoms with Crippen molar-refractivity contribution in [2.45, 2.75) is 18.7 Å². The van der Waals surface area contributed by atoms with Gasteiger partial charge >= 0.3 is 29.6 Å². The molecule has 0 spiro atoms. The Balaban J connectivity index is 0.000000280. The molecule has 0 saturated carbocycles. The van der Waals surface area contributed by atoms with Crippen molar-refractivity contribution < 1.29 is 59.0 Å². The van der Waals surface area contributed by atoms with E-state index in [-0.39, 0.29) is 69.8 Å². The number of carboxylic acid groups (broad SMARTS) is 1. The molecule has 0 radical (unpaired) electrons. The van der Waals surface area contributed by atoms with Crippen LogP contribution in [0.2, 0.25) is 0 Å². The summed E-state index contributed by atoms with van der Waals surface area (Å²) in [6.07, 6.45) is 0.375. The minimum Gasteiger partial charge on any atom is -0.543 e. The van der Waals surface area contributed by atoms with Crippen LogP contribution in [0.25, 0.3) is 0 Å². The van der Waals surface area contributed by atoms with Crippen molar-refractivity contribution in [2.24, 2.45) is 10.9 Å². The summed E-state index contributed by atoms with van der Waals surface area (Å²) >= 11 is 2.42. The third-order valence-corrected chi connectivity index (χ3v) is 5.31. The summed E-state index contributed by atoms with van der Waals surface area (Å²) in [6.45, 7) is 1.72. The summed E-state index contributed by atoms with van der Waals surface area (Å²) in [5.74, 6) is -1.81. The summed E-state index contributed by atoms with van der Waals surface area (Å²) in [6, 6.07) is 0. The zero-order chi connectivity index (χ0) is 20.8. The molecule has 1 saturated heterocycles. The summed E-state index contributed by atoms with van der Waals surface area (Å²) in [7, 11) is 0. The van der Waals surface area contributed by atoms with Crippen LogP contribution >= 0.6 is 23.3 Å². The summed E-state index contributed by atoms with van der Waals surface area (Å²) in [5, 5.41) is 23.4. The van der Waals surface area contributed by atoms with Crippen LogP contribution < -0.4 is 46.1 Å². The fraction of sp³-hybridized carbons (Fsp3) is 0.429. The fourth-order valence-corrected chi connectivity index (χ4v) is 3.93. The van der Waals surface area contributed by atoms with Crippen LogP contribution in [0.1, 0.15) is 19.2 Å². The maximum absolute atomic E-state index is 11.1. The number of carbonyl (C=O) groups excluding carboxylic acids is 3. The average Bonchev–Trinajstić information content (AvgIpc) is 3.06. The molecule has 5 N–H and O–H groups in total. The van der Waals surface area contributed by atoms with Gasteiger partial charge in [0.1, 0.15) is 6.61 Å². The Kier molecular flexibility index (Phi) is 10.0. The molecular formula is C14H17N6NaO6S2. The normalized spacial score (nSPS) is 18.0. The molecule has 0 unspecified atom stereocenters. The number of fused-ring (bicyclic) bond motifs is 1. The van der Waals surface area contributed by atoms with E-state index >= 15 is 0 Å². The minimum atomic E-state index is -1.38. The van der Waals surface area contributed by atoms with Crippen LogP contribution in [0.4, 0.5) is 5.13 Å². The van der Waals surface area contributed by atoms with Gasteiger partial charge in [0.15, 0.2) is 5.13 Å². The number of hydrogen-bond donors (Lipinski definition) is 3. The third kappa shape index (κ3) is 6.13. The van der Waals surface area contributed by atoms with Gasteiger partial charge in [0, 0.05) is 17.3 Å². The number of anilines is 1. The Hall–Kier alpha value is -1.71. The van der Waals surface area contributed by atoms with E-state index in [0.717, 1.165) is 11.5 Å². The number of aliphatic carboxylic acids is 1. The number of nitrogen functional groups attached to an aromatic ring is 1. The Bertz CT molecular complexity index is 844. The molecular weight excluding hydrogens is 435 g/mol. The Labute approximate surface area is 195 Å². The number of hydrogen-bond acceptors (Lipinski definition) is 12. The van der Waals surface area contributed by atoms with Gasteiger partial charge in [0.2, 0.25) is 17.4 Å². The van der Waals surface area contributed by atoms with Gasteiger partial charge in [-0.1, -0.05) is 5.16 Å². The second-order valence-corrected chi connectivity index (χ2v) is 7.26. The van der Waals surface area contributed by atoms with Gasteiger partial charge in [-0.3, -0.25) is 14.5 Å². The second-order valence-electron chi connectivity index (χ2n) is 5.31. The Morgan fingerprint density at radius 2 is 2.17 bits per heavy atom. The van der Waals surface area contributed by atoms with Crippen molar-refractivity contribution in [1.29, 1.82) is 0 Å². The van der Waals surface area contributed by atoms with Crippen LogP contribution in [-0.4, -0.2) is 67.2 Å². The maximum atomic E-state index is 11.1. The summed E-state index contributed by atoms with van der Waals surface area (Å²) in [5.41, 5.74) is 10.5. The molecule has 1 aromatic rings. The van der Waals surface area contributed by atoms with Gasteiger partial charge in [0.05, 0.1) is 30.1 Å². The summed E-state index contributed by atoms with van der Waals surface area (Å²) in [4.78, 5) is 42.5. The molecule has 29 heavy (non-hydrogen) atoms. The SMILES string of the molecule is CCO/N=C(\C(N)=O)c1nsc(N)n1.O=C([O-])C1=C(CO)CS[C@H]2CC(=O)N12.[Na+]. The van der Waals surface area contributed by atoms with Gasteiger partial charge in [-0.05, 0) is 12.5 Å². The molecule has 152 valence electrons. The van der Waals surface area contributed by atoms with Gasteiger partial charge < -0.3 is 31.3 Å². The van der Waals surface area contributed by atoms with E-state index in [2.05, 4.69) is 14.5 Å². The standard InChI is InChI=1S/C8H9NO4S.C6H9N5O2S.Na/c10-2-4-3-14-6-1-5(11)9(6)7(4)8(12)13;1-2-13-10-3(4(7)12)5-9-6(8)14-11-5;/h6,10H,1-3H2,(H,12,13);2H2,1H3,(H2,7,12)(H2,8,9,11);/q;;+1/p-1/b;10-3+;/t6-;;/m0../s1. The zero-order valence-electron chi connectivity index (χ0n) is 15.7. The first-order chi connectivity index (χ1) is 13.3. The first-order valence-electron chi connectivity index (χ1n) is 7.87. The number of rotatable bonds is 6. The quantitative estimate of drug-likeness (QED) is 0.162. The van der Waals surface area contributed by atoms with Crippen LogP contribution in [0, 0.1) is 0 Å². The molecule has 12 nitrogen and oxygen atoms in total. The molecule has 0 aromatic carbocycles. The van der Waals surface area contributed by atoms with E-state index in [0.29, 0.717) is 24.4 Å². The molecule has 15 heteroatoms. The molecule has 2 aliphatic rings. The maximum Gasteiger partial charge on any atom is 1.00 e. The van der Waals surface area contributed by atoms with E-state index in [1.807, 2.05) is 0 Å². The monoisotopic (exact) mass is 452 g/mol. The number of aliphatic hydroxyl groups excluding tert-OH is 1. The summed E-state index contributed by atoms with van der Waals surface area (Å²) < 4.78 is 3.78. The van der Waals surface area contributed by atoms with Crippen molar-refractivity contribution in [3.8, 4) is 0 Å². The van der Waals surface area contributed by atoms with E-state index in [4.69, 9.17) is 21.4 Å². The van der Waals surface area contributed by atoms with Gasteiger partial charge in [-0.25, -0.2) is 0 Å². The molecule has 3 heterocycles. The number of aliphatic hydroxyl groups is 1. The van der Waals surface area contributed by atoms with Crippen LogP contribution in [0.3, 0.4) is 0 Å². The number of primary amides is 1. The topological polar surface area (TPSA) is 197 Å². The molecule has 1 fully saturated rings. The van der Waals surface area contributed by atoms with E-state index < -0.39 is 11.9 Å². The van der Waals surface area contributed by atoms with Crippen molar-refractivity contribution in [3.63, 3.8) is 0 Å². The van der Waals surface area contributed by atoms with Crippen molar-refractivity contribution >= 4 is 51.9 Å². The van der Waals surface area contributed by atoms with Gasteiger partial charge in [-0.2, -0.15) is 9.36 Å². The molecule has 3 rings (SSSR count). The first kappa shape index (κ1) is 25.3. The van der Waals surface area contributed by atoms with Crippen molar-refractivity contribution in [1.82, 2.24) is 14.3 Å². The van der Waals surface area contributed by atoms with Crippen LogP contribution in [0.15, 0.2) is 16.4 Å². The molecule has 0 bridgehead atoms. The second kappa shape index (κ2) is 11.5. The van der Waals surface area contributed by atoms with E-state index in [1.165, 1.54) is 16.7 Å². The number of carbonyl (C=O) groups is 3. The number of aromatic nitrogens is 2. The van der Waals surface area contributed by atoms with Crippen LogP contribution in [-0.2, 0) is 19.2 Å². The molecule has 2 aliphatic heterocycles. The number of oxime groups is 1. The number of amides is 2. The molecule has 0 aliphatic carbocycles. The fourth-order valence-electron chi connectivity index (χ4n) is 2.24. The third-order valence-electron chi connectivity index (χ3n) is 3.49. The number of nitrogens with two attached hydrogens (primary N) is 2. The Morgan fingerprint density at radius 1 is 1.48 bits per heavy atom. The van der Waals surface area contributed by atoms with Crippen LogP contribution in [0.5, 0.6) is 0 Å². The van der Waals surface area contributed by atoms with E-state index in [1.54, 1.807) is 6.92 Å². The van der Waals surface area contributed by atoms with E-state index in [9.17, 15) is 19.5 Å². The number of nitrogens with zero attached hydrogens (tertiary/aromatic N) is 4. The minimum absolute atomic E-state index is 0. The average molecular weight is 452 g/mol. The van der Waals surface area contributed by atoms with Gasteiger partial charge in [-0.15, -0.1) is 11.8 Å². The predicted octanol–water partition coefficient (Wildman–Crippen LogP) is -5.36. The molecule has 2 amide bonds. The first-order valence-corrected chi connectivity index (χ1v) is 9.69. The smallest absolute Gasteiger partial charge is 0.543 e. The van der Waals surface area contributed by atoms with Crippen molar-refractivity contribution in [2.75, 3.05) is 24.7 Å². The zero-order valence-corrected chi connectivity index (χ0v) is 19.3. The Morgan fingerprint density at radius 3 is 2.62 bits per heavy atom. The number of carboxylic acids is 1.